The number of nitrogens with zero attached hydrogens (tertiary/aromatic N) is 1. The Morgan fingerprint density at radius 3 is 2.32 bits per heavy atom. The van der Waals surface area contributed by atoms with E-state index in [-0.39, 0.29) is 49.6 Å². The molecule has 0 radical (unpaired) electrons. The van der Waals surface area contributed by atoms with Crippen molar-refractivity contribution in [2.45, 2.75) is 191 Å². The van der Waals surface area contributed by atoms with Crippen molar-refractivity contribution in [3.8, 4) is 0 Å². The number of allylic oxidation sites excluding steroid dienone is 2. The van der Waals surface area contributed by atoms with E-state index in [0.717, 1.165) is 12.0 Å². The summed E-state index contributed by atoms with van der Waals surface area (Å²) >= 11 is 0. The Balaban J connectivity index is 1.15. The highest BCUT2D eigenvalue weighted by atomic mass is 16.7. The Hall–Kier alpha value is -2.84. The number of hydrogen-bond acceptors (Lipinski definition) is 16. The van der Waals surface area contributed by atoms with Crippen LogP contribution in [0.4, 0.5) is 0 Å². The van der Waals surface area contributed by atoms with Crippen LogP contribution in [0.2, 0.25) is 0 Å². The van der Waals surface area contributed by atoms with Crippen molar-refractivity contribution in [3.05, 3.63) is 59.3 Å². The molecule has 1 spiro atoms. The minimum absolute atomic E-state index is 0.0247. The molecule has 6 aliphatic heterocycles. The molecule has 0 amide bonds. The van der Waals surface area contributed by atoms with Crippen LogP contribution >= 0.6 is 0 Å². The Bertz CT molecular complexity index is 1850. The molecule has 6 heterocycles. The van der Waals surface area contributed by atoms with E-state index in [9.17, 15) is 15.0 Å². The van der Waals surface area contributed by atoms with Crippen LogP contribution in [0.3, 0.4) is 0 Å². The van der Waals surface area contributed by atoms with Crippen LogP contribution in [0.25, 0.3) is 0 Å². The molecular formula is C50H75NO15. The van der Waals surface area contributed by atoms with Crippen molar-refractivity contribution in [1.82, 2.24) is 0 Å². The number of ether oxygens (including phenoxy) is 10. The van der Waals surface area contributed by atoms with Gasteiger partial charge in [0.25, 0.3) is 0 Å². The van der Waals surface area contributed by atoms with Gasteiger partial charge in [-0.05, 0) is 62.8 Å². The fourth-order valence-corrected chi connectivity index (χ4v) is 10.8. The van der Waals surface area contributed by atoms with E-state index in [1.54, 1.807) is 33.3 Å². The van der Waals surface area contributed by atoms with Gasteiger partial charge in [-0.2, -0.15) is 0 Å². The Morgan fingerprint density at radius 1 is 0.924 bits per heavy atom. The second-order valence-electron chi connectivity index (χ2n) is 19.5. The van der Waals surface area contributed by atoms with Crippen LogP contribution in [0, 0.1) is 23.7 Å². The van der Waals surface area contributed by atoms with Crippen molar-refractivity contribution in [3.63, 3.8) is 0 Å². The van der Waals surface area contributed by atoms with E-state index in [0.29, 0.717) is 36.8 Å². The van der Waals surface area contributed by atoms with Crippen molar-refractivity contribution in [1.29, 1.82) is 0 Å². The number of aliphatic hydroxyl groups excluding tert-OH is 2. The summed E-state index contributed by atoms with van der Waals surface area (Å²) in [5, 5.41) is 36.7. The second kappa shape index (κ2) is 21.8. The van der Waals surface area contributed by atoms with Gasteiger partial charge >= 0.3 is 5.97 Å². The third kappa shape index (κ3) is 10.8. The van der Waals surface area contributed by atoms with E-state index in [1.807, 2.05) is 39.0 Å². The molecule has 1 aliphatic carbocycles. The van der Waals surface area contributed by atoms with Crippen LogP contribution in [0.15, 0.2) is 64.4 Å². The van der Waals surface area contributed by atoms with E-state index in [2.05, 4.69) is 45.0 Å². The smallest absolute Gasteiger partial charge is 0.316 e. The summed E-state index contributed by atoms with van der Waals surface area (Å²) in [5.41, 5.74) is 0.106. The summed E-state index contributed by atoms with van der Waals surface area (Å²) in [6.45, 7) is 15.9. The summed E-state index contributed by atoms with van der Waals surface area (Å²) < 4.78 is 64.4. The van der Waals surface area contributed by atoms with E-state index in [4.69, 9.17) is 57.3 Å². The summed E-state index contributed by atoms with van der Waals surface area (Å²) in [4.78, 5) is 20.0. The van der Waals surface area contributed by atoms with Crippen LogP contribution in [-0.2, 0) is 57.0 Å². The molecule has 370 valence electrons. The Kier molecular flexibility index (Phi) is 16.9. The van der Waals surface area contributed by atoms with Gasteiger partial charge in [-0.25, -0.2) is 0 Å². The number of carbonyl (C=O) groups is 1. The van der Waals surface area contributed by atoms with Gasteiger partial charge in [0.15, 0.2) is 24.5 Å². The molecule has 4 fully saturated rings. The molecule has 0 aromatic heterocycles. The summed E-state index contributed by atoms with van der Waals surface area (Å²) in [6.07, 6.45) is 9.96. The van der Waals surface area contributed by atoms with Crippen molar-refractivity contribution >= 4 is 12.2 Å². The largest absolute Gasteiger partial charge is 0.462 e. The lowest BCUT2D eigenvalue weighted by Crippen LogP contribution is -2.58. The third-order valence-electron chi connectivity index (χ3n) is 14.8. The lowest BCUT2D eigenvalue weighted by molar-refractivity contribution is -0.321. The zero-order valence-electron chi connectivity index (χ0n) is 40.4. The average molecular weight is 930 g/mol. The number of aliphatic hydroxyl groups is 3. The second-order valence-corrected chi connectivity index (χ2v) is 19.5. The van der Waals surface area contributed by atoms with Gasteiger partial charge in [0.1, 0.15) is 42.0 Å². The minimum Gasteiger partial charge on any atom is -0.462 e. The van der Waals surface area contributed by atoms with Gasteiger partial charge in [0.2, 0.25) is 0 Å². The quantitative estimate of drug-likeness (QED) is 0.104. The number of carbonyl (C=O) groups excluding carboxylic acids is 1. The van der Waals surface area contributed by atoms with Crippen molar-refractivity contribution < 1.29 is 72.3 Å². The summed E-state index contributed by atoms with van der Waals surface area (Å²) in [7, 11) is 3.25. The van der Waals surface area contributed by atoms with Crippen LogP contribution in [0.1, 0.15) is 93.9 Å². The van der Waals surface area contributed by atoms with Gasteiger partial charge in [-0.1, -0.05) is 75.7 Å². The fraction of sp³-hybridized carbons (Fsp3) is 0.760. The molecule has 2 bridgehead atoms. The van der Waals surface area contributed by atoms with Crippen LogP contribution in [-0.4, -0.2) is 152 Å². The number of methoxy groups -OCH3 is 2. The highest BCUT2D eigenvalue weighted by Crippen LogP contribution is 2.47. The van der Waals surface area contributed by atoms with Gasteiger partial charge < -0.3 is 67.5 Å². The van der Waals surface area contributed by atoms with Gasteiger partial charge in [0.05, 0.1) is 56.1 Å². The topological polar surface area (TPSA) is 192 Å². The highest BCUT2D eigenvalue weighted by molar-refractivity contribution is 5.78. The SMILES string of the molecule is CCC(C)[C@H]1O[C@]2(C=C[C@@H]1C)C[C@@H]1C[C@@H](C/C=C(\C)[C@@H](OC3C[C@H](OC)[C@@H](O[C@H]4C[C@H](OC)[C@@H](O/N=C/CO)[C@H](C)O4)[C@H](C)O3)[C@@H](C)/C=C/C=C3\CO[C@@H]4[C@H](O)C(C)=C[C@@H](C(=O)O1)[C@]34O)O2. The fourth-order valence-electron chi connectivity index (χ4n) is 10.8. The first-order valence-electron chi connectivity index (χ1n) is 24.0. The molecule has 0 saturated carbocycles. The zero-order valence-corrected chi connectivity index (χ0v) is 40.4. The lowest BCUT2D eigenvalue weighted by Gasteiger charge is -2.48. The average Bonchev–Trinajstić information content (AvgIpc) is 3.63. The molecule has 16 nitrogen and oxygen atoms in total. The Labute approximate surface area is 390 Å². The van der Waals surface area contributed by atoms with Gasteiger partial charge in [-0.15, -0.1) is 0 Å². The minimum atomic E-state index is -1.84. The normalized spacial score (nSPS) is 47.0. The number of fused-ring (bicyclic) bond motifs is 2. The third-order valence-corrected chi connectivity index (χ3v) is 14.8. The first-order chi connectivity index (χ1) is 31.5. The molecule has 16 heteroatoms. The molecule has 4 saturated heterocycles. The molecule has 7 rings (SSSR count). The standard InChI is InChI=1S/C50H75NO15/c1-11-27(2)44-30(5)17-18-49(65-44)25-36-22-35(64-49)16-15-29(4)43(28(3)13-12-14-34-26-58-47-42(53)31(6)21-37(48(54)61-36)50(34,47)55)62-40-23-38(56-9)45(32(7)59-40)63-41-24-39(57-10)46(33(8)60-41)66-51-19-20-52/h12-15,17-19,21,27-28,30,32-33,35-47,52-53,55H,11,16,20,22-26H2,1-10H3/b13-12+,29-15+,34-14+,51-19+/t27?,28-,30-,32-,33-,35+,36-,37-,38-,39-,40?,41-,42+,43-,44+,45-,46-,47+,49+,50+/m0/s1. The highest BCUT2D eigenvalue weighted by Gasteiger charge is 2.60. The zero-order chi connectivity index (χ0) is 47.5. The molecule has 20 atom stereocenters. The molecule has 7 aliphatic rings. The predicted molar refractivity (Wildman–Crippen MR) is 242 cm³/mol. The molecule has 2 unspecified atom stereocenters. The maximum atomic E-state index is 14.4. The first-order valence-corrected chi connectivity index (χ1v) is 24.0. The Morgan fingerprint density at radius 2 is 1.62 bits per heavy atom. The van der Waals surface area contributed by atoms with Gasteiger partial charge in [-0.3, -0.25) is 4.79 Å². The molecule has 0 aromatic rings. The number of oxime groups is 1. The number of esters is 1. The van der Waals surface area contributed by atoms with Crippen molar-refractivity contribution in [2.75, 3.05) is 27.4 Å². The molecule has 3 N–H and O–H groups in total. The van der Waals surface area contributed by atoms with Crippen LogP contribution < -0.4 is 0 Å². The predicted octanol–water partition coefficient (Wildman–Crippen LogP) is 5.38. The maximum absolute atomic E-state index is 14.4. The van der Waals surface area contributed by atoms with E-state index >= 15 is 0 Å². The van der Waals surface area contributed by atoms with E-state index in [1.165, 1.54) is 6.21 Å². The maximum Gasteiger partial charge on any atom is 0.316 e. The van der Waals surface area contributed by atoms with E-state index < -0.39 is 96.9 Å². The van der Waals surface area contributed by atoms with Crippen molar-refractivity contribution in [2.24, 2.45) is 28.8 Å². The summed E-state index contributed by atoms with van der Waals surface area (Å²) in [5.74, 6) is -2.61. The monoisotopic (exact) mass is 930 g/mol. The van der Waals surface area contributed by atoms with Crippen LogP contribution in [0.5, 0.6) is 0 Å². The number of hydrogen-bond donors (Lipinski definition) is 3. The molecular weight excluding hydrogens is 855 g/mol. The lowest BCUT2D eigenvalue weighted by atomic mass is 9.71. The van der Waals surface area contributed by atoms with Gasteiger partial charge in [0, 0.05) is 51.7 Å². The first kappa shape index (κ1) is 51.0. The summed E-state index contributed by atoms with van der Waals surface area (Å²) in [6, 6.07) is 0. The molecule has 0 aromatic carbocycles. The number of rotatable bonds is 11. The molecule has 66 heavy (non-hydrogen) atoms.